The third-order valence-electron chi connectivity index (χ3n) is 7.27. The van der Waals surface area contributed by atoms with Crippen molar-refractivity contribution in [3.8, 4) is 34.0 Å². The molecule has 4 aromatic carbocycles. The van der Waals surface area contributed by atoms with E-state index in [1.807, 2.05) is 60.8 Å². The molecular weight excluding hydrogens is 466 g/mol. The van der Waals surface area contributed by atoms with Crippen LogP contribution in [0.2, 0.25) is 0 Å². The van der Waals surface area contributed by atoms with Crippen molar-refractivity contribution < 1.29 is 4.74 Å². The van der Waals surface area contributed by atoms with Gasteiger partial charge in [0.1, 0.15) is 11.5 Å². The minimum absolute atomic E-state index is 0.762. The summed E-state index contributed by atoms with van der Waals surface area (Å²) in [5.41, 5.74) is 7.45. The van der Waals surface area contributed by atoms with Gasteiger partial charge in [-0.1, -0.05) is 66.7 Å². The molecular formula is C34H21N3O. The largest absolute Gasteiger partial charge is 0.457 e. The van der Waals surface area contributed by atoms with Crippen molar-refractivity contribution in [3.05, 3.63) is 128 Å². The molecule has 0 amide bonds. The number of fused-ring (bicyclic) bond motifs is 6. The molecule has 0 aliphatic rings. The molecule has 0 fully saturated rings. The normalized spacial score (nSPS) is 11.7. The Labute approximate surface area is 218 Å². The van der Waals surface area contributed by atoms with Gasteiger partial charge in [-0.2, -0.15) is 0 Å². The third-order valence-corrected chi connectivity index (χ3v) is 7.27. The first-order valence-corrected chi connectivity index (χ1v) is 12.7. The topological polar surface area (TPSA) is 39.4 Å². The van der Waals surface area contributed by atoms with E-state index in [-0.39, 0.29) is 0 Å². The van der Waals surface area contributed by atoms with Crippen LogP contribution >= 0.6 is 0 Å². The van der Waals surface area contributed by atoms with Gasteiger partial charge in [0.15, 0.2) is 0 Å². The van der Waals surface area contributed by atoms with Crippen LogP contribution in [0.5, 0.6) is 11.5 Å². The molecule has 0 N–H and O–H groups in total. The van der Waals surface area contributed by atoms with Gasteiger partial charge in [0.25, 0.3) is 0 Å². The second kappa shape index (κ2) is 8.15. The van der Waals surface area contributed by atoms with E-state index in [1.165, 1.54) is 32.6 Å². The maximum atomic E-state index is 6.33. The molecule has 4 heterocycles. The summed E-state index contributed by atoms with van der Waals surface area (Å²) in [6.07, 6.45) is 3.71. The molecule has 0 unspecified atom stereocenters. The highest BCUT2D eigenvalue weighted by atomic mass is 16.5. The van der Waals surface area contributed by atoms with Crippen molar-refractivity contribution in [3.63, 3.8) is 0 Å². The smallest absolute Gasteiger partial charge is 0.128 e. The number of ether oxygens (including phenoxy) is 1. The summed E-state index contributed by atoms with van der Waals surface area (Å²) in [5.74, 6) is 1.53. The first-order chi connectivity index (χ1) is 18.8. The van der Waals surface area contributed by atoms with E-state index in [0.29, 0.717) is 0 Å². The number of pyridine rings is 2. The van der Waals surface area contributed by atoms with Crippen LogP contribution in [0, 0.1) is 0 Å². The summed E-state index contributed by atoms with van der Waals surface area (Å²) in [7, 11) is 0. The van der Waals surface area contributed by atoms with Crippen LogP contribution < -0.4 is 4.74 Å². The number of aromatic nitrogens is 3. The maximum Gasteiger partial charge on any atom is 0.128 e. The minimum Gasteiger partial charge on any atom is -0.457 e. The van der Waals surface area contributed by atoms with Crippen LogP contribution in [0.25, 0.3) is 60.6 Å². The number of nitrogens with zero attached hydrogens (tertiary/aromatic N) is 3. The van der Waals surface area contributed by atoms with Gasteiger partial charge in [-0.25, -0.2) is 0 Å². The predicted octanol–water partition coefficient (Wildman–Crippen LogP) is 8.75. The van der Waals surface area contributed by atoms with Crippen LogP contribution in [0.3, 0.4) is 0 Å². The van der Waals surface area contributed by atoms with E-state index in [9.17, 15) is 0 Å². The monoisotopic (exact) mass is 487 g/mol. The van der Waals surface area contributed by atoms with Crippen molar-refractivity contribution in [2.45, 2.75) is 0 Å². The summed E-state index contributed by atoms with van der Waals surface area (Å²) >= 11 is 0. The van der Waals surface area contributed by atoms with Crippen molar-refractivity contribution in [2.24, 2.45) is 0 Å². The zero-order valence-electron chi connectivity index (χ0n) is 20.4. The summed E-state index contributed by atoms with van der Waals surface area (Å²) in [4.78, 5) is 9.36. The van der Waals surface area contributed by atoms with Gasteiger partial charge in [0, 0.05) is 45.1 Å². The van der Waals surface area contributed by atoms with Gasteiger partial charge in [-0.3, -0.25) is 9.97 Å². The molecule has 0 saturated heterocycles. The molecule has 178 valence electrons. The lowest BCUT2D eigenvalue weighted by molar-refractivity contribution is 0.483. The predicted molar refractivity (Wildman–Crippen MR) is 154 cm³/mol. The van der Waals surface area contributed by atoms with E-state index in [0.717, 1.165) is 39.5 Å². The third kappa shape index (κ3) is 3.10. The summed E-state index contributed by atoms with van der Waals surface area (Å²) in [6, 6.07) is 39.4. The number of para-hydroxylation sites is 2. The van der Waals surface area contributed by atoms with Gasteiger partial charge in [-0.15, -0.1) is 0 Å². The molecule has 0 saturated carbocycles. The molecule has 0 atom stereocenters. The highest BCUT2D eigenvalue weighted by molar-refractivity contribution is 6.24. The molecule has 0 spiro atoms. The van der Waals surface area contributed by atoms with Gasteiger partial charge in [0.05, 0.1) is 27.9 Å². The summed E-state index contributed by atoms with van der Waals surface area (Å²) < 4.78 is 8.71. The highest BCUT2D eigenvalue weighted by Gasteiger charge is 2.20. The zero-order chi connectivity index (χ0) is 25.1. The summed E-state index contributed by atoms with van der Waals surface area (Å²) in [6.45, 7) is 0. The van der Waals surface area contributed by atoms with Gasteiger partial charge < -0.3 is 9.14 Å². The van der Waals surface area contributed by atoms with E-state index in [1.54, 1.807) is 6.20 Å². The van der Waals surface area contributed by atoms with Crippen LogP contribution in [0.1, 0.15) is 0 Å². The molecule has 4 nitrogen and oxygen atoms in total. The lowest BCUT2D eigenvalue weighted by Gasteiger charge is -2.10. The van der Waals surface area contributed by atoms with Crippen LogP contribution in [-0.2, 0) is 0 Å². The Morgan fingerprint density at radius 1 is 0.500 bits per heavy atom. The molecule has 8 rings (SSSR count). The van der Waals surface area contributed by atoms with Crippen molar-refractivity contribution >= 4 is 38.1 Å². The van der Waals surface area contributed by atoms with Crippen molar-refractivity contribution in [1.29, 1.82) is 0 Å². The van der Waals surface area contributed by atoms with Crippen LogP contribution in [0.15, 0.2) is 128 Å². The van der Waals surface area contributed by atoms with Gasteiger partial charge in [0.2, 0.25) is 0 Å². The molecule has 0 bridgehead atoms. The molecule has 4 heteroatoms. The Kier molecular flexibility index (Phi) is 4.49. The van der Waals surface area contributed by atoms with Gasteiger partial charge >= 0.3 is 0 Å². The quantitative estimate of drug-likeness (QED) is 0.249. The van der Waals surface area contributed by atoms with E-state index in [4.69, 9.17) is 9.72 Å². The Hall–Kier alpha value is -5.22. The maximum absolute atomic E-state index is 6.33. The van der Waals surface area contributed by atoms with E-state index < -0.39 is 0 Å². The first kappa shape index (κ1) is 20.9. The lowest BCUT2D eigenvalue weighted by Crippen LogP contribution is -1.91. The SMILES string of the molecule is c1ccc(-c2cccc(Oc3cccc(-c4nccc5c6cccc7c8ccccc8n(c45)c76)c3)c2)nc1. The van der Waals surface area contributed by atoms with Crippen molar-refractivity contribution in [1.82, 2.24) is 14.4 Å². The second-order valence-electron chi connectivity index (χ2n) is 9.48. The fourth-order valence-electron chi connectivity index (χ4n) is 5.67. The molecule has 0 radical (unpaired) electrons. The average molecular weight is 488 g/mol. The van der Waals surface area contributed by atoms with Crippen LogP contribution in [-0.4, -0.2) is 14.4 Å². The standard InChI is InChI=1S/C34H21N3O/c1-2-16-31-26(12-1)27-13-7-14-28-29-17-19-36-32(34(29)37(31)33(27)28)23-9-6-11-25(21-23)38-24-10-5-8-22(20-24)30-15-3-4-18-35-30/h1-21H. The molecule has 0 aliphatic carbocycles. The second-order valence-corrected chi connectivity index (χ2v) is 9.48. The lowest BCUT2D eigenvalue weighted by atomic mass is 10.1. The Bertz CT molecular complexity index is 2110. The fourth-order valence-corrected chi connectivity index (χ4v) is 5.67. The number of benzene rings is 4. The fraction of sp³-hybridized carbons (Fsp3) is 0. The molecule has 38 heavy (non-hydrogen) atoms. The van der Waals surface area contributed by atoms with E-state index >= 15 is 0 Å². The van der Waals surface area contributed by atoms with Crippen LogP contribution in [0.4, 0.5) is 0 Å². The molecule has 4 aromatic heterocycles. The highest BCUT2D eigenvalue weighted by Crippen LogP contribution is 2.41. The van der Waals surface area contributed by atoms with E-state index in [2.05, 4.69) is 70.0 Å². The van der Waals surface area contributed by atoms with Gasteiger partial charge in [-0.05, 0) is 48.5 Å². The van der Waals surface area contributed by atoms with Crippen molar-refractivity contribution in [2.75, 3.05) is 0 Å². The Balaban J connectivity index is 1.28. The minimum atomic E-state index is 0.762. The number of hydrogen-bond donors (Lipinski definition) is 0. The number of rotatable bonds is 4. The first-order valence-electron chi connectivity index (χ1n) is 12.7. The number of hydrogen-bond acceptors (Lipinski definition) is 3. The average Bonchev–Trinajstić information content (AvgIpc) is 3.50. The molecule has 8 aromatic rings. The zero-order valence-corrected chi connectivity index (χ0v) is 20.4. The summed E-state index contributed by atoms with van der Waals surface area (Å²) in [5, 5.41) is 4.98. The Morgan fingerprint density at radius 2 is 1.18 bits per heavy atom. The molecule has 0 aliphatic heterocycles. The Morgan fingerprint density at radius 3 is 2.03 bits per heavy atom.